The van der Waals surface area contributed by atoms with Crippen LogP contribution in [0.4, 0.5) is 0 Å². The van der Waals surface area contributed by atoms with Crippen LogP contribution in [-0.2, 0) is 4.79 Å². The molecule has 1 radical (unpaired) electrons. The molecule has 9 heavy (non-hydrogen) atoms. The van der Waals surface area contributed by atoms with Crippen molar-refractivity contribution in [1.82, 2.24) is 5.32 Å². The van der Waals surface area contributed by atoms with E-state index in [1.54, 1.807) is 11.4 Å². The molecule has 0 aliphatic carbocycles. The molecule has 0 heterocycles. The largest absolute Gasteiger partial charge is 0.273 e. The van der Waals surface area contributed by atoms with E-state index in [1.165, 1.54) is 6.19 Å². The Hall–Kier alpha value is -0.550. The predicted octanol–water partition coefficient (Wildman–Crippen LogP) is -0.883. The van der Waals surface area contributed by atoms with Crippen LogP contribution in [0, 0.1) is 22.8 Å². The molecule has 0 fully saturated rings. The molecular weight excluding hydrogens is 129 g/mol. The Balaban J connectivity index is 0. The maximum absolute atomic E-state index is 10.1. The van der Waals surface area contributed by atoms with Crippen LogP contribution >= 0.6 is 0 Å². The van der Waals surface area contributed by atoms with Crippen molar-refractivity contribution in [2.24, 2.45) is 0 Å². The first kappa shape index (κ1) is 11.3. The molecule has 0 saturated carbocycles. The van der Waals surface area contributed by atoms with Gasteiger partial charge in [0.2, 0.25) is 5.91 Å². The number of hydrogen-bond acceptors (Lipinski definition) is 3. The summed E-state index contributed by atoms with van der Waals surface area (Å²) < 4.78 is 0. The molecule has 0 aromatic carbocycles. The van der Waals surface area contributed by atoms with E-state index in [4.69, 9.17) is 10.5 Å². The van der Waals surface area contributed by atoms with Gasteiger partial charge in [0.25, 0.3) is 0 Å². The molecule has 0 aliphatic rings. The monoisotopic (exact) mass is 132 g/mol. The second-order valence-electron chi connectivity index (χ2n) is 0.995. The number of amides is 1. The molecule has 4 nitrogen and oxygen atoms in total. The summed E-state index contributed by atoms with van der Waals surface area (Å²) in [5.74, 6) is -0.560. The average Bonchev–Trinajstić information content (AvgIpc) is 1.68. The zero-order chi connectivity index (χ0) is 6.41. The van der Waals surface area contributed by atoms with Crippen LogP contribution in [0.1, 0.15) is 6.42 Å². The van der Waals surface area contributed by atoms with E-state index in [9.17, 15) is 4.79 Å². The van der Waals surface area contributed by atoms with Gasteiger partial charge in [-0.25, -0.2) is 0 Å². The molecular formula is C4H3N3NaO. The number of carbonyl (C=O) groups excluding carboxylic acids is 1. The molecule has 0 aromatic rings. The summed E-state index contributed by atoms with van der Waals surface area (Å²) in [6, 6.07) is 1.59. The third-order valence-corrected chi connectivity index (χ3v) is 0.435. The Morgan fingerprint density at radius 1 is 1.56 bits per heavy atom. The number of rotatable bonds is 1. The summed E-state index contributed by atoms with van der Waals surface area (Å²) in [6.45, 7) is 0. The molecule has 0 saturated heterocycles. The molecule has 0 atom stereocenters. The van der Waals surface area contributed by atoms with E-state index in [1.807, 2.05) is 0 Å². The minimum Gasteiger partial charge on any atom is -0.273 e. The molecule has 0 aliphatic heterocycles. The summed E-state index contributed by atoms with van der Waals surface area (Å²) in [7, 11) is 0. The van der Waals surface area contributed by atoms with Crippen LogP contribution in [0.15, 0.2) is 0 Å². The zero-order valence-electron chi connectivity index (χ0n) is 5.01. The van der Waals surface area contributed by atoms with Crippen LogP contribution in [0.2, 0.25) is 0 Å². The van der Waals surface area contributed by atoms with E-state index in [2.05, 4.69) is 0 Å². The van der Waals surface area contributed by atoms with Crippen molar-refractivity contribution in [3.8, 4) is 12.3 Å². The number of carbonyl (C=O) groups is 1. The van der Waals surface area contributed by atoms with Crippen molar-refractivity contribution in [2.45, 2.75) is 6.42 Å². The molecule has 0 aromatic heterocycles. The number of hydrogen-bond donors (Lipinski definition) is 1. The van der Waals surface area contributed by atoms with Crippen molar-refractivity contribution < 1.29 is 4.79 Å². The van der Waals surface area contributed by atoms with Gasteiger partial charge in [-0.3, -0.25) is 10.1 Å². The Labute approximate surface area is 74.7 Å². The van der Waals surface area contributed by atoms with Gasteiger partial charge in [0.05, 0.1) is 6.07 Å². The molecule has 1 N–H and O–H groups in total. The Bertz CT molecular complexity index is 148. The first-order valence-electron chi connectivity index (χ1n) is 1.86. The quantitative estimate of drug-likeness (QED) is 0.286. The topological polar surface area (TPSA) is 76.7 Å². The smallest absolute Gasteiger partial charge is 0.247 e. The van der Waals surface area contributed by atoms with Gasteiger partial charge in [0.1, 0.15) is 6.42 Å². The molecule has 41 valence electrons. The maximum Gasteiger partial charge on any atom is 0.247 e. The van der Waals surface area contributed by atoms with Crippen molar-refractivity contribution in [3.05, 3.63) is 0 Å². The number of nitrogens with zero attached hydrogens (tertiary/aromatic N) is 2. The molecule has 5 heteroatoms. The fraction of sp³-hybridized carbons (Fsp3) is 0.250. The summed E-state index contributed by atoms with van der Waals surface area (Å²) in [5, 5.41) is 17.4. The molecule has 0 spiro atoms. The van der Waals surface area contributed by atoms with Crippen LogP contribution in [0.3, 0.4) is 0 Å². The van der Waals surface area contributed by atoms with Gasteiger partial charge in [0, 0.05) is 29.6 Å². The van der Waals surface area contributed by atoms with Crippen LogP contribution in [-0.4, -0.2) is 35.5 Å². The van der Waals surface area contributed by atoms with Crippen molar-refractivity contribution in [3.63, 3.8) is 0 Å². The van der Waals surface area contributed by atoms with Crippen molar-refractivity contribution in [2.75, 3.05) is 0 Å². The zero-order valence-corrected chi connectivity index (χ0v) is 7.01. The second kappa shape index (κ2) is 7.45. The van der Waals surface area contributed by atoms with Crippen LogP contribution in [0.25, 0.3) is 0 Å². The fourth-order valence-corrected chi connectivity index (χ4v) is 0.178. The summed E-state index contributed by atoms with van der Waals surface area (Å²) in [5.41, 5.74) is 0. The van der Waals surface area contributed by atoms with Crippen LogP contribution < -0.4 is 5.32 Å². The average molecular weight is 132 g/mol. The van der Waals surface area contributed by atoms with E-state index < -0.39 is 5.91 Å². The Morgan fingerprint density at radius 2 is 2.11 bits per heavy atom. The molecule has 1 amide bonds. The third-order valence-electron chi connectivity index (χ3n) is 0.435. The van der Waals surface area contributed by atoms with E-state index in [0.717, 1.165) is 0 Å². The standard InChI is InChI=1S/C4H3N3O.Na/c5-2-1-4(8)7-3-6;/h1H2,(H,7,8);. The van der Waals surface area contributed by atoms with Gasteiger partial charge in [-0.1, -0.05) is 0 Å². The van der Waals surface area contributed by atoms with Gasteiger partial charge >= 0.3 is 0 Å². The molecule has 0 unspecified atom stereocenters. The fourth-order valence-electron chi connectivity index (χ4n) is 0.178. The minimum absolute atomic E-state index is 0. The summed E-state index contributed by atoms with van der Waals surface area (Å²) in [6.07, 6.45) is 1.15. The SMILES string of the molecule is N#CCC(=O)NC#N.[Na]. The van der Waals surface area contributed by atoms with E-state index in [-0.39, 0.29) is 36.0 Å². The first-order chi connectivity index (χ1) is 3.81. The first-order valence-corrected chi connectivity index (χ1v) is 1.86. The normalized spacial score (nSPS) is 5.56. The summed E-state index contributed by atoms with van der Waals surface area (Å²) in [4.78, 5) is 10.1. The van der Waals surface area contributed by atoms with E-state index in [0.29, 0.717) is 0 Å². The predicted molar refractivity (Wildman–Crippen MR) is 29.7 cm³/mol. The van der Waals surface area contributed by atoms with Crippen molar-refractivity contribution in [1.29, 1.82) is 10.5 Å². The van der Waals surface area contributed by atoms with Gasteiger partial charge in [-0.15, -0.1) is 0 Å². The maximum atomic E-state index is 10.1. The Kier molecular flexibility index (Phi) is 9.33. The summed E-state index contributed by atoms with van der Waals surface area (Å²) >= 11 is 0. The molecule has 0 bridgehead atoms. The van der Waals surface area contributed by atoms with Gasteiger partial charge in [-0.2, -0.15) is 10.5 Å². The Morgan fingerprint density at radius 3 is 2.44 bits per heavy atom. The van der Waals surface area contributed by atoms with Gasteiger partial charge in [-0.05, 0) is 0 Å². The van der Waals surface area contributed by atoms with Gasteiger partial charge in [0.15, 0.2) is 6.19 Å². The minimum atomic E-state index is -0.560. The molecule has 0 rings (SSSR count). The van der Waals surface area contributed by atoms with Gasteiger partial charge < -0.3 is 0 Å². The van der Waals surface area contributed by atoms with E-state index >= 15 is 0 Å². The number of nitrogens with one attached hydrogen (secondary N) is 1. The van der Waals surface area contributed by atoms with Crippen molar-refractivity contribution >= 4 is 35.5 Å². The second-order valence-corrected chi connectivity index (χ2v) is 0.995. The third kappa shape index (κ3) is 7.45. The van der Waals surface area contributed by atoms with Crippen LogP contribution in [0.5, 0.6) is 0 Å². The number of nitriles is 2.